The summed E-state index contributed by atoms with van der Waals surface area (Å²) >= 11 is 0. The zero-order valence-corrected chi connectivity index (χ0v) is 21.7. The predicted octanol–water partition coefficient (Wildman–Crippen LogP) is 4.07. The summed E-state index contributed by atoms with van der Waals surface area (Å²) in [4.78, 5) is 39.5. The molecule has 2 aliphatic heterocycles. The fourth-order valence-corrected chi connectivity index (χ4v) is 5.81. The van der Waals surface area contributed by atoms with Gasteiger partial charge in [-0.25, -0.2) is 9.18 Å². The second-order valence-electron chi connectivity index (χ2n) is 11.3. The van der Waals surface area contributed by atoms with Crippen LogP contribution in [-0.4, -0.2) is 46.5 Å². The van der Waals surface area contributed by atoms with Gasteiger partial charge in [0.15, 0.2) is 0 Å². The monoisotopic (exact) mass is 518 g/mol. The highest BCUT2D eigenvalue weighted by molar-refractivity contribution is 5.98. The van der Waals surface area contributed by atoms with Crippen LogP contribution in [0.3, 0.4) is 0 Å². The van der Waals surface area contributed by atoms with E-state index < -0.39 is 35.5 Å². The summed E-state index contributed by atoms with van der Waals surface area (Å²) in [7, 11) is 0. The normalized spacial score (nSPS) is 22.4. The lowest BCUT2D eigenvalue weighted by Gasteiger charge is -2.35. The molecular formula is C29H31FN4O4. The quantitative estimate of drug-likeness (QED) is 0.620. The fourth-order valence-electron chi connectivity index (χ4n) is 5.81. The first-order valence-electron chi connectivity index (χ1n) is 13.0. The number of hydrogen-bond acceptors (Lipinski definition) is 5. The molecule has 9 heteroatoms. The van der Waals surface area contributed by atoms with E-state index in [0.29, 0.717) is 23.2 Å². The Morgan fingerprint density at radius 3 is 2.66 bits per heavy atom. The van der Waals surface area contributed by atoms with Crippen LogP contribution >= 0.6 is 0 Å². The number of amides is 3. The topological polar surface area (TPSA) is 112 Å². The van der Waals surface area contributed by atoms with Crippen molar-refractivity contribution in [3.05, 3.63) is 58.9 Å². The number of nitrogens with zero attached hydrogens (tertiary/aromatic N) is 2. The molecule has 2 aromatic rings. The van der Waals surface area contributed by atoms with Gasteiger partial charge in [0.25, 0.3) is 5.91 Å². The van der Waals surface area contributed by atoms with Gasteiger partial charge in [0.1, 0.15) is 23.5 Å². The third kappa shape index (κ3) is 4.95. The number of fused-ring (bicyclic) bond motifs is 3. The van der Waals surface area contributed by atoms with E-state index in [2.05, 4.69) is 16.7 Å². The van der Waals surface area contributed by atoms with Crippen molar-refractivity contribution in [1.29, 1.82) is 5.26 Å². The van der Waals surface area contributed by atoms with E-state index in [-0.39, 0.29) is 24.3 Å². The van der Waals surface area contributed by atoms with E-state index in [1.165, 1.54) is 11.0 Å². The molecule has 0 spiro atoms. The number of hydrogen-bond donors (Lipinski definition) is 2. The second kappa shape index (κ2) is 9.75. The van der Waals surface area contributed by atoms with Crippen molar-refractivity contribution in [2.45, 2.75) is 76.7 Å². The van der Waals surface area contributed by atoms with Gasteiger partial charge in [-0.2, -0.15) is 5.26 Å². The number of likely N-dealkylation sites (tertiary alicyclic amines) is 1. The molecule has 38 heavy (non-hydrogen) atoms. The molecule has 4 atom stereocenters. The van der Waals surface area contributed by atoms with Crippen LogP contribution in [0.4, 0.5) is 9.18 Å². The lowest BCUT2D eigenvalue weighted by molar-refractivity contribution is -0.128. The highest BCUT2D eigenvalue weighted by atomic mass is 19.1. The minimum atomic E-state index is -0.959. The molecule has 8 nitrogen and oxygen atoms in total. The number of halogens is 1. The number of nitriles is 1. The number of piperidine rings is 1. The summed E-state index contributed by atoms with van der Waals surface area (Å²) in [5.41, 5.74) is 2.54. The molecule has 3 aliphatic rings. The molecule has 2 heterocycles. The first kappa shape index (κ1) is 25.7. The number of ether oxygens (including phenoxy) is 1. The smallest absolute Gasteiger partial charge is 0.411 e. The number of carbonyl (C=O) groups excluding carboxylic acids is 3. The zero-order valence-electron chi connectivity index (χ0n) is 21.7. The van der Waals surface area contributed by atoms with E-state index in [1.54, 1.807) is 45.0 Å². The average molecular weight is 519 g/mol. The number of rotatable bonds is 5. The Hall–Kier alpha value is -3.93. The van der Waals surface area contributed by atoms with Crippen LogP contribution in [0.25, 0.3) is 11.1 Å². The largest absolute Gasteiger partial charge is 0.444 e. The fraction of sp³-hybridized carbons (Fsp3) is 0.448. The van der Waals surface area contributed by atoms with Gasteiger partial charge in [0, 0.05) is 24.6 Å². The van der Waals surface area contributed by atoms with Crippen molar-refractivity contribution >= 4 is 17.9 Å². The second-order valence-corrected chi connectivity index (χ2v) is 11.3. The van der Waals surface area contributed by atoms with Crippen molar-refractivity contribution < 1.29 is 23.5 Å². The molecule has 2 bridgehead atoms. The zero-order chi connectivity index (χ0) is 27.2. The maximum atomic E-state index is 15.1. The molecule has 1 saturated carbocycles. The molecule has 3 amide bonds. The van der Waals surface area contributed by atoms with Crippen molar-refractivity contribution in [2.75, 3.05) is 0 Å². The minimum Gasteiger partial charge on any atom is -0.444 e. The van der Waals surface area contributed by atoms with Gasteiger partial charge < -0.3 is 15.4 Å². The van der Waals surface area contributed by atoms with Gasteiger partial charge in [-0.1, -0.05) is 18.2 Å². The van der Waals surface area contributed by atoms with Crippen LogP contribution in [-0.2, 0) is 22.5 Å². The Bertz CT molecular complexity index is 1350. The Balaban J connectivity index is 1.28. The van der Waals surface area contributed by atoms with Crippen molar-refractivity contribution in [2.24, 2.45) is 5.92 Å². The maximum absolute atomic E-state index is 15.1. The molecule has 1 aliphatic carbocycles. The Labute approximate surface area is 221 Å². The highest BCUT2D eigenvalue weighted by Crippen LogP contribution is 2.43. The first-order valence-corrected chi connectivity index (χ1v) is 13.0. The Morgan fingerprint density at radius 1 is 1.21 bits per heavy atom. The first-order chi connectivity index (χ1) is 18.0. The van der Waals surface area contributed by atoms with Crippen LogP contribution in [0.15, 0.2) is 36.4 Å². The van der Waals surface area contributed by atoms with Gasteiger partial charge in [-0.15, -0.1) is 0 Å². The molecule has 0 radical (unpaired) electrons. The molecular weight excluding hydrogens is 487 g/mol. The van der Waals surface area contributed by atoms with Gasteiger partial charge in [-0.05, 0) is 86.4 Å². The van der Waals surface area contributed by atoms with Crippen molar-refractivity contribution in [1.82, 2.24) is 15.5 Å². The summed E-state index contributed by atoms with van der Waals surface area (Å²) in [5.74, 6) is -0.993. The number of carbonyl (C=O) groups is 3. The van der Waals surface area contributed by atoms with Crippen LogP contribution in [0.5, 0.6) is 0 Å². The number of benzene rings is 2. The maximum Gasteiger partial charge on any atom is 0.411 e. The van der Waals surface area contributed by atoms with Crippen LogP contribution in [0, 0.1) is 23.1 Å². The molecule has 0 aromatic heterocycles. The van der Waals surface area contributed by atoms with Crippen LogP contribution in [0.2, 0.25) is 0 Å². The van der Waals surface area contributed by atoms with Gasteiger partial charge in [0.05, 0.1) is 6.07 Å². The van der Waals surface area contributed by atoms with E-state index >= 15 is 4.39 Å². The molecule has 198 valence electrons. The summed E-state index contributed by atoms with van der Waals surface area (Å²) in [6.07, 6.45) is 1.86. The van der Waals surface area contributed by atoms with E-state index in [4.69, 9.17) is 4.74 Å². The third-order valence-electron chi connectivity index (χ3n) is 7.53. The molecule has 1 unspecified atom stereocenters. The highest BCUT2D eigenvalue weighted by Gasteiger charge is 2.52. The van der Waals surface area contributed by atoms with Crippen molar-refractivity contribution in [3.63, 3.8) is 0 Å². The molecule has 2 fully saturated rings. The standard InChI is InChI=1S/C29H31FN4O4/c1-29(2,3)38-28(37)34-22-8-6-19(12-22)25(34)27(36)33-21(14-31)11-18-5-4-17(13-24(18)30)16-7-9-23-20(10-16)15-32-26(23)35/h4-5,7,9-10,13,19,21-22,25H,6,8,11-12,15H2,1-3H3,(H,32,35)(H,33,36)/t19-,21?,22+,25-/m0/s1. The van der Waals surface area contributed by atoms with E-state index in [0.717, 1.165) is 30.4 Å². The predicted molar refractivity (Wildman–Crippen MR) is 137 cm³/mol. The minimum absolute atomic E-state index is 0.00971. The van der Waals surface area contributed by atoms with Crippen molar-refractivity contribution in [3.8, 4) is 17.2 Å². The molecule has 2 aromatic carbocycles. The SMILES string of the molecule is CC(C)(C)OC(=O)N1[C@@H]2CC[C@@H](C2)[C@H]1C(=O)NC(C#N)Cc1ccc(-c2ccc3c(c2)CNC3=O)cc1F. The third-order valence-corrected chi connectivity index (χ3v) is 7.53. The molecule has 5 rings (SSSR count). The summed E-state index contributed by atoms with van der Waals surface area (Å²) in [5, 5.41) is 15.3. The van der Waals surface area contributed by atoms with Gasteiger partial charge in [0.2, 0.25) is 5.91 Å². The van der Waals surface area contributed by atoms with Gasteiger partial charge >= 0.3 is 6.09 Å². The van der Waals surface area contributed by atoms with Crippen LogP contribution < -0.4 is 10.6 Å². The Morgan fingerprint density at radius 2 is 1.95 bits per heavy atom. The van der Waals surface area contributed by atoms with Crippen LogP contribution in [0.1, 0.15) is 61.5 Å². The summed E-state index contributed by atoms with van der Waals surface area (Å²) in [6.45, 7) is 5.78. The number of nitrogens with one attached hydrogen (secondary N) is 2. The summed E-state index contributed by atoms with van der Waals surface area (Å²) < 4.78 is 20.6. The van der Waals surface area contributed by atoms with Gasteiger partial charge in [-0.3, -0.25) is 14.5 Å². The summed E-state index contributed by atoms with van der Waals surface area (Å²) in [6, 6.07) is 10.5. The molecule has 2 N–H and O–H groups in total. The lowest BCUT2D eigenvalue weighted by atomic mass is 9.96. The average Bonchev–Trinajstić information content (AvgIpc) is 3.58. The van der Waals surface area contributed by atoms with E-state index in [9.17, 15) is 19.6 Å². The Kier molecular flexibility index (Phi) is 6.59. The van der Waals surface area contributed by atoms with E-state index in [1.807, 2.05) is 6.07 Å². The lowest BCUT2D eigenvalue weighted by Crippen LogP contribution is -2.55. The molecule has 1 saturated heterocycles.